The summed E-state index contributed by atoms with van der Waals surface area (Å²) in [6.07, 6.45) is 6.02. The molecule has 0 aromatic heterocycles. The minimum atomic E-state index is 0.0575. The van der Waals surface area contributed by atoms with Crippen LogP contribution in [0.1, 0.15) is 48.9 Å². The highest BCUT2D eigenvalue weighted by atomic mass is 16.5. The molecular weight excluding hydrogens is 376 g/mol. The lowest BCUT2D eigenvalue weighted by molar-refractivity contribution is -0.125. The number of benzene rings is 2. The zero-order chi connectivity index (χ0) is 20.9. The monoisotopic (exact) mass is 406 g/mol. The van der Waals surface area contributed by atoms with Crippen LogP contribution in [0.2, 0.25) is 0 Å². The van der Waals surface area contributed by atoms with Crippen molar-refractivity contribution in [2.45, 2.75) is 44.6 Å². The summed E-state index contributed by atoms with van der Waals surface area (Å²) >= 11 is 0. The molecule has 1 aliphatic heterocycles. The van der Waals surface area contributed by atoms with Crippen LogP contribution in [-0.2, 0) is 4.79 Å². The van der Waals surface area contributed by atoms with Gasteiger partial charge in [-0.2, -0.15) is 0 Å². The van der Waals surface area contributed by atoms with Gasteiger partial charge in [0.1, 0.15) is 5.75 Å². The normalized spacial score (nSPS) is 17.7. The average molecular weight is 407 g/mol. The molecule has 0 bridgehead atoms. The van der Waals surface area contributed by atoms with Crippen LogP contribution in [0.25, 0.3) is 11.1 Å². The van der Waals surface area contributed by atoms with Crippen LogP contribution >= 0.6 is 0 Å². The fourth-order valence-electron chi connectivity index (χ4n) is 4.59. The van der Waals surface area contributed by atoms with Gasteiger partial charge in [-0.15, -0.1) is 0 Å². The van der Waals surface area contributed by atoms with E-state index >= 15 is 0 Å². The highest BCUT2D eigenvalue weighted by Gasteiger charge is 2.28. The number of para-hydroxylation sites is 1. The van der Waals surface area contributed by atoms with Gasteiger partial charge in [0.25, 0.3) is 5.91 Å². The number of ether oxygens (including phenoxy) is 1. The van der Waals surface area contributed by atoms with Crippen LogP contribution in [0.4, 0.5) is 0 Å². The molecule has 1 aliphatic carbocycles. The Kier molecular flexibility index (Phi) is 6.36. The van der Waals surface area contributed by atoms with Gasteiger partial charge < -0.3 is 15.0 Å². The van der Waals surface area contributed by atoms with E-state index in [1.165, 1.54) is 12.8 Å². The molecule has 1 heterocycles. The Labute approximate surface area is 178 Å². The summed E-state index contributed by atoms with van der Waals surface area (Å²) in [5.74, 6) is 1.29. The second-order valence-electron chi connectivity index (χ2n) is 8.33. The van der Waals surface area contributed by atoms with Crippen molar-refractivity contribution in [2.24, 2.45) is 5.92 Å². The smallest absolute Gasteiger partial charge is 0.253 e. The molecule has 2 amide bonds. The minimum Gasteiger partial charge on any atom is -0.496 e. The predicted molar refractivity (Wildman–Crippen MR) is 117 cm³/mol. The lowest BCUT2D eigenvalue weighted by Gasteiger charge is -2.33. The topological polar surface area (TPSA) is 58.6 Å². The molecule has 1 N–H and O–H groups in total. The first kappa shape index (κ1) is 20.5. The highest BCUT2D eigenvalue weighted by Crippen LogP contribution is 2.30. The number of nitrogens with one attached hydrogen (secondary N) is 1. The largest absolute Gasteiger partial charge is 0.496 e. The van der Waals surface area contributed by atoms with Gasteiger partial charge in [-0.25, -0.2) is 0 Å². The van der Waals surface area contributed by atoms with E-state index in [1.807, 2.05) is 53.4 Å². The molecular formula is C25H30N2O3. The van der Waals surface area contributed by atoms with Crippen LogP contribution in [-0.4, -0.2) is 43.0 Å². The molecule has 2 aromatic rings. The molecule has 1 saturated carbocycles. The number of carbonyl (C=O) groups excluding carboxylic acids is 2. The number of nitrogens with zero attached hydrogens (tertiary/aromatic N) is 1. The highest BCUT2D eigenvalue weighted by molar-refractivity contribution is 5.95. The third-order valence-corrected chi connectivity index (χ3v) is 6.40. The quantitative estimate of drug-likeness (QED) is 0.807. The van der Waals surface area contributed by atoms with E-state index in [0.717, 1.165) is 42.6 Å². The van der Waals surface area contributed by atoms with Gasteiger partial charge in [0.05, 0.1) is 7.11 Å². The van der Waals surface area contributed by atoms with Crippen LogP contribution in [0.3, 0.4) is 0 Å². The zero-order valence-electron chi connectivity index (χ0n) is 17.6. The maximum absolute atomic E-state index is 12.9. The molecule has 0 radical (unpaired) electrons. The van der Waals surface area contributed by atoms with E-state index < -0.39 is 0 Å². The molecule has 2 aliphatic rings. The molecule has 2 aromatic carbocycles. The Balaban J connectivity index is 1.33. The summed E-state index contributed by atoms with van der Waals surface area (Å²) in [5, 5.41) is 3.21. The number of carbonyl (C=O) groups is 2. The Morgan fingerprint density at radius 2 is 1.60 bits per heavy atom. The van der Waals surface area contributed by atoms with Crippen LogP contribution in [0.5, 0.6) is 5.75 Å². The Morgan fingerprint density at radius 3 is 2.27 bits per heavy atom. The van der Waals surface area contributed by atoms with Crippen molar-refractivity contribution in [1.82, 2.24) is 10.2 Å². The Morgan fingerprint density at radius 1 is 0.933 bits per heavy atom. The van der Waals surface area contributed by atoms with Crippen molar-refractivity contribution in [3.8, 4) is 16.9 Å². The summed E-state index contributed by atoms with van der Waals surface area (Å²) < 4.78 is 5.44. The summed E-state index contributed by atoms with van der Waals surface area (Å²) in [7, 11) is 1.66. The van der Waals surface area contributed by atoms with Crippen molar-refractivity contribution in [2.75, 3.05) is 20.2 Å². The first-order valence-corrected chi connectivity index (χ1v) is 11.0. The SMILES string of the molecule is COc1ccccc1-c1ccc(C(=O)N2CCC(NC(=O)C3CCCC3)CC2)cc1. The number of piperidine rings is 1. The first-order chi connectivity index (χ1) is 14.7. The maximum Gasteiger partial charge on any atom is 0.253 e. The van der Waals surface area contributed by atoms with Crippen molar-refractivity contribution in [1.29, 1.82) is 0 Å². The molecule has 4 rings (SSSR count). The number of amides is 2. The molecule has 158 valence electrons. The summed E-state index contributed by atoms with van der Waals surface area (Å²) in [6.45, 7) is 1.37. The van der Waals surface area contributed by atoms with Crippen LogP contribution < -0.4 is 10.1 Å². The van der Waals surface area contributed by atoms with E-state index in [4.69, 9.17) is 4.74 Å². The molecule has 0 unspecified atom stereocenters. The van der Waals surface area contributed by atoms with Crippen LogP contribution in [0, 0.1) is 5.92 Å². The summed E-state index contributed by atoms with van der Waals surface area (Å²) in [5.41, 5.74) is 2.73. The fourth-order valence-corrected chi connectivity index (χ4v) is 4.59. The van der Waals surface area contributed by atoms with Crippen molar-refractivity contribution in [3.05, 3.63) is 54.1 Å². The minimum absolute atomic E-state index is 0.0575. The van der Waals surface area contributed by atoms with E-state index in [1.54, 1.807) is 7.11 Å². The number of rotatable bonds is 5. The van der Waals surface area contributed by atoms with E-state index in [9.17, 15) is 9.59 Å². The molecule has 0 spiro atoms. The fraction of sp³-hybridized carbons (Fsp3) is 0.440. The van der Waals surface area contributed by atoms with Gasteiger partial charge >= 0.3 is 0 Å². The number of hydrogen-bond donors (Lipinski definition) is 1. The Hall–Kier alpha value is -2.82. The Bertz CT molecular complexity index is 880. The predicted octanol–water partition coefficient (Wildman–Crippen LogP) is 4.27. The van der Waals surface area contributed by atoms with Crippen molar-refractivity contribution >= 4 is 11.8 Å². The molecule has 5 nitrogen and oxygen atoms in total. The van der Waals surface area contributed by atoms with E-state index in [0.29, 0.717) is 18.7 Å². The van der Waals surface area contributed by atoms with Gasteiger partial charge in [-0.3, -0.25) is 9.59 Å². The van der Waals surface area contributed by atoms with E-state index in [2.05, 4.69) is 5.32 Å². The van der Waals surface area contributed by atoms with Gasteiger partial charge in [-0.1, -0.05) is 43.2 Å². The molecule has 0 atom stereocenters. The van der Waals surface area contributed by atoms with Gasteiger partial charge in [0.2, 0.25) is 5.91 Å². The van der Waals surface area contributed by atoms with Gasteiger partial charge in [-0.05, 0) is 49.4 Å². The summed E-state index contributed by atoms with van der Waals surface area (Å²) in [6, 6.07) is 15.8. The standard InChI is InChI=1S/C25H30N2O3/c1-30-23-9-5-4-8-22(23)18-10-12-20(13-11-18)25(29)27-16-14-21(15-17-27)26-24(28)19-6-2-3-7-19/h4-5,8-13,19,21H,2-3,6-7,14-17H2,1H3,(H,26,28). The lowest BCUT2D eigenvalue weighted by Crippen LogP contribution is -2.47. The van der Waals surface area contributed by atoms with Crippen molar-refractivity contribution < 1.29 is 14.3 Å². The molecule has 2 fully saturated rings. The first-order valence-electron chi connectivity index (χ1n) is 11.0. The average Bonchev–Trinajstić information content (AvgIpc) is 3.34. The van der Waals surface area contributed by atoms with E-state index in [-0.39, 0.29) is 23.8 Å². The second-order valence-corrected chi connectivity index (χ2v) is 8.33. The number of hydrogen-bond acceptors (Lipinski definition) is 3. The third-order valence-electron chi connectivity index (χ3n) is 6.40. The molecule has 30 heavy (non-hydrogen) atoms. The molecule has 1 saturated heterocycles. The third kappa shape index (κ3) is 4.50. The lowest BCUT2D eigenvalue weighted by atomic mass is 10.00. The summed E-state index contributed by atoms with van der Waals surface area (Å²) in [4.78, 5) is 27.2. The van der Waals surface area contributed by atoms with Crippen LogP contribution in [0.15, 0.2) is 48.5 Å². The van der Waals surface area contributed by atoms with Gasteiger partial charge in [0.15, 0.2) is 0 Å². The molecule has 5 heteroatoms. The van der Waals surface area contributed by atoms with Gasteiger partial charge in [0, 0.05) is 36.2 Å². The second kappa shape index (κ2) is 9.33. The zero-order valence-corrected chi connectivity index (χ0v) is 17.6. The van der Waals surface area contributed by atoms with Crippen molar-refractivity contribution in [3.63, 3.8) is 0 Å². The maximum atomic E-state index is 12.9. The number of methoxy groups -OCH3 is 1. The number of likely N-dealkylation sites (tertiary alicyclic amines) is 1.